The van der Waals surface area contributed by atoms with Crippen LogP contribution < -0.4 is 0 Å². The Morgan fingerprint density at radius 2 is 1.54 bits per heavy atom. The van der Waals surface area contributed by atoms with Gasteiger partial charge in [-0.2, -0.15) is 0 Å². The number of ether oxygens (including phenoxy) is 2. The summed E-state index contributed by atoms with van der Waals surface area (Å²) in [5.74, 6) is 0.319. The molecule has 2 amide bonds. The quantitative estimate of drug-likeness (QED) is 0.248. The molecule has 0 N–H and O–H groups in total. The lowest BCUT2D eigenvalue weighted by Crippen LogP contribution is -2.31. The van der Waals surface area contributed by atoms with Crippen molar-refractivity contribution >= 4 is 35.1 Å². The van der Waals surface area contributed by atoms with Crippen molar-refractivity contribution in [1.29, 1.82) is 0 Å². The summed E-state index contributed by atoms with van der Waals surface area (Å²) in [6.07, 6.45) is 7.01. The first kappa shape index (κ1) is 26.8. The van der Waals surface area contributed by atoms with E-state index in [4.69, 9.17) is 9.47 Å². The Hall–Kier alpha value is -1.22. The third-order valence-corrected chi connectivity index (χ3v) is 5.03. The van der Waals surface area contributed by atoms with E-state index in [-0.39, 0.29) is 0 Å². The lowest BCUT2D eigenvalue weighted by atomic mass is 9.95. The predicted octanol–water partition coefficient (Wildman–Crippen LogP) is 5.31. The van der Waals surface area contributed by atoms with Gasteiger partial charge in [-0.3, -0.25) is 4.21 Å². The minimum Gasteiger partial charge on any atom is -0.449 e. The molecule has 0 saturated carbocycles. The summed E-state index contributed by atoms with van der Waals surface area (Å²) in [4.78, 5) is 24.3. The summed E-state index contributed by atoms with van der Waals surface area (Å²) < 4.78 is 24.5. The van der Waals surface area contributed by atoms with Crippen molar-refractivity contribution in [3.8, 4) is 0 Å². The molecule has 28 heavy (non-hydrogen) atoms. The van der Waals surface area contributed by atoms with Crippen molar-refractivity contribution in [1.82, 2.24) is 8.61 Å². The van der Waals surface area contributed by atoms with Gasteiger partial charge < -0.3 is 9.47 Å². The van der Waals surface area contributed by atoms with Crippen LogP contribution in [-0.2, 0) is 20.3 Å². The molecule has 0 aromatic heterocycles. The molecule has 0 aliphatic heterocycles. The van der Waals surface area contributed by atoms with E-state index in [1.165, 1.54) is 53.6 Å². The minimum absolute atomic E-state index is 0.319. The molecule has 0 heterocycles. The van der Waals surface area contributed by atoms with Gasteiger partial charge in [0.15, 0.2) is 0 Å². The molecule has 0 radical (unpaired) electrons. The standard InChI is InChI=1S/C19H36N2O5S2/c1-8-9-10-11-12-13-14-25-17(22)20(5)27-21(6)18(23)26-16(15-28(7)24)19(2,3)4/h15H,8-14H2,1-7H3. The summed E-state index contributed by atoms with van der Waals surface area (Å²) in [6, 6.07) is 0. The number of carbonyl (C=O) groups is 2. The summed E-state index contributed by atoms with van der Waals surface area (Å²) in [5.41, 5.74) is -0.477. The molecule has 1 unspecified atom stereocenters. The zero-order valence-electron chi connectivity index (χ0n) is 18.3. The summed E-state index contributed by atoms with van der Waals surface area (Å²) in [5, 5.41) is 1.41. The molecule has 0 rings (SSSR count). The van der Waals surface area contributed by atoms with Crippen LogP contribution >= 0.6 is 12.1 Å². The first-order chi connectivity index (χ1) is 13.0. The van der Waals surface area contributed by atoms with Crippen molar-refractivity contribution in [2.45, 2.75) is 66.2 Å². The number of unbranched alkanes of at least 4 members (excludes halogenated alkanes) is 5. The molecule has 7 nitrogen and oxygen atoms in total. The van der Waals surface area contributed by atoms with Crippen LogP contribution in [0.25, 0.3) is 0 Å². The molecular weight excluding hydrogens is 400 g/mol. The molecule has 0 saturated heterocycles. The van der Waals surface area contributed by atoms with E-state index in [2.05, 4.69) is 6.92 Å². The number of amides is 2. The zero-order chi connectivity index (χ0) is 21.7. The normalized spacial score (nSPS) is 13.0. The Balaban J connectivity index is 4.40. The van der Waals surface area contributed by atoms with E-state index < -0.39 is 28.4 Å². The maximum Gasteiger partial charge on any atom is 0.426 e. The molecular formula is C19H36N2O5S2. The molecule has 0 aliphatic carbocycles. The number of hydrogen-bond donors (Lipinski definition) is 0. The van der Waals surface area contributed by atoms with Gasteiger partial charge in [0.1, 0.15) is 5.76 Å². The van der Waals surface area contributed by atoms with Crippen LogP contribution in [0.1, 0.15) is 66.2 Å². The third kappa shape index (κ3) is 12.3. The van der Waals surface area contributed by atoms with Gasteiger partial charge in [0.2, 0.25) is 0 Å². The largest absolute Gasteiger partial charge is 0.449 e. The lowest BCUT2D eigenvalue weighted by molar-refractivity contribution is 0.128. The average Bonchev–Trinajstić information content (AvgIpc) is 2.58. The van der Waals surface area contributed by atoms with Gasteiger partial charge in [-0.05, 0) is 6.42 Å². The summed E-state index contributed by atoms with van der Waals surface area (Å²) in [6.45, 7) is 8.11. The fourth-order valence-electron chi connectivity index (χ4n) is 2.05. The second-order valence-corrected chi connectivity index (χ2v) is 10.0. The summed E-state index contributed by atoms with van der Waals surface area (Å²) in [7, 11) is 1.77. The highest BCUT2D eigenvalue weighted by molar-refractivity contribution is 7.95. The molecule has 1 atom stereocenters. The number of rotatable bonds is 11. The van der Waals surface area contributed by atoms with E-state index in [1.807, 2.05) is 20.8 Å². The second-order valence-electron chi connectivity index (χ2n) is 7.56. The van der Waals surface area contributed by atoms with Crippen molar-refractivity contribution < 1.29 is 23.3 Å². The van der Waals surface area contributed by atoms with Crippen LogP contribution in [0, 0.1) is 5.41 Å². The SMILES string of the molecule is CCCCCCCCOC(=O)N(C)SN(C)C(=O)OC(=CS(C)=O)C(C)(C)C. The van der Waals surface area contributed by atoms with E-state index in [1.54, 1.807) is 0 Å². The van der Waals surface area contributed by atoms with Gasteiger partial charge in [0.05, 0.1) is 18.7 Å². The molecule has 0 spiro atoms. The lowest BCUT2D eigenvalue weighted by Gasteiger charge is -2.25. The van der Waals surface area contributed by atoms with Gasteiger partial charge >= 0.3 is 12.2 Å². The van der Waals surface area contributed by atoms with E-state index in [0.29, 0.717) is 12.4 Å². The highest BCUT2D eigenvalue weighted by atomic mass is 32.2. The maximum atomic E-state index is 12.3. The average molecular weight is 437 g/mol. The smallest absolute Gasteiger partial charge is 0.426 e. The zero-order valence-corrected chi connectivity index (χ0v) is 19.9. The summed E-state index contributed by atoms with van der Waals surface area (Å²) >= 11 is 0.877. The van der Waals surface area contributed by atoms with Crippen LogP contribution in [0.4, 0.5) is 9.59 Å². The Bertz CT molecular complexity index is 547. The molecule has 0 aromatic rings. The van der Waals surface area contributed by atoms with Crippen molar-refractivity contribution in [2.24, 2.45) is 5.41 Å². The number of nitrogens with zero attached hydrogens (tertiary/aromatic N) is 2. The van der Waals surface area contributed by atoms with Gasteiger partial charge in [-0.15, -0.1) is 0 Å². The Morgan fingerprint density at radius 1 is 1.00 bits per heavy atom. The van der Waals surface area contributed by atoms with Gasteiger partial charge in [0.25, 0.3) is 0 Å². The van der Waals surface area contributed by atoms with E-state index >= 15 is 0 Å². The Kier molecular flexibility index (Phi) is 13.3. The molecule has 0 bridgehead atoms. The molecule has 0 fully saturated rings. The first-order valence-corrected chi connectivity index (χ1v) is 11.9. The predicted molar refractivity (Wildman–Crippen MR) is 116 cm³/mol. The van der Waals surface area contributed by atoms with Crippen LogP contribution in [0.15, 0.2) is 11.2 Å². The highest BCUT2D eigenvalue weighted by Gasteiger charge is 2.25. The molecule has 164 valence electrons. The van der Waals surface area contributed by atoms with Crippen LogP contribution in [0.3, 0.4) is 0 Å². The third-order valence-electron chi connectivity index (χ3n) is 3.69. The van der Waals surface area contributed by atoms with Crippen LogP contribution in [0.5, 0.6) is 0 Å². The van der Waals surface area contributed by atoms with Gasteiger partial charge in [-0.1, -0.05) is 59.8 Å². The fourth-order valence-corrected chi connectivity index (χ4v) is 3.34. The van der Waals surface area contributed by atoms with Crippen LogP contribution in [0.2, 0.25) is 0 Å². The number of hydrogen-bond acceptors (Lipinski definition) is 6. The Morgan fingerprint density at radius 3 is 2.07 bits per heavy atom. The van der Waals surface area contributed by atoms with E-state index in [0.717, 1.165) is 31.4 Å². The molecule has 0 aromatic carbocycles. The maximum absolute atomic E-state index is 12.3. The highest BCUT2D eigenvalue weighted by Crippen LogP contribution is 2.28. The van der Waals surface area contributed by atoms with E-state index in [9.17, 15) is 13.8 Å². The second kappa shape index (κ2) is 13.9. The monoisotopic (exact) mass is 436 g/mol. The van der Waals surface area contributed by atoms with Gasteiger partial charge in [-0.25, -0.2) is 18.2 Å². The minimum atomic E-state index is -1.25. The first-order valence-electron chi connectivity index (χ1n) is 9.57. The van der Waals surface area contributed by atoms with Gasteiger partial charge in [0, 0.05) is 42.0 Å². The van der Waals surface area contributed by atoms with Crippen molar-refractivity contribution in [3.05, 3.63) is 11.2 Å². The van der Waals surface area contributed by atoms with Crippen molar-refractivity contribution in [2.75, 3.05) is 27.0 Å². The van der Waals surface area contributed by atoms with Crippen molar-refractivity contribution in [3.63, 3.8) is 0 Å². The molecule has 9 heteroatoms. The fraction of sp³-hybridized carbons (Fsp3) is 0.789. The Labute approximate surface area is 176 Å². The van der Waals surface area contributed by atoms with Crippen LogP contribution in [-0.4, -0.2) is 52.0 Å². The topological polar surface area (TPSA) is 76.2 Å². The number of carbonyl (C=O) groups excluding carboxylic acids is 2. The number of allylic oxidation sites excluding steroid dienone is 1. The molecule has 0 aliphatic rings.